The third kappa shape index (κ3) is 4.90. The van der Waals surface area contributed by atoms with Crippen LogP contribution in [-0.4, -0.2) is 0 Å². The van der Waals surface area contributed by atoms with Crippen LogP contribution in [0.2, 0.25) is 0 Å². The minimum Gasteiger partial charge on any atom is -0.457 e. The summed E-state index contributed by atoms with van der Waals surface area (Å²) in [4.78, 5) is 0. The Hall–Kier alpha value is -3.52. The van der Waals surface area contributed by atoms with Crippen LogP contribution in [0.15, 0.2) is 84.9 Å². The molecule has 0 bridgehead atoms. The lowest BCUT2D eigenvalue weighted by atomic mass is 10.1. The van der Waals surface area contributed by atoms with Crippen LogP contribution in [0.5, 0.6) is 23.0 Å². The summed E-state index contributed by atoms with van der Waals surface area (Å²) in [5.74, 6) is 3.40. The predicted molar refractivity (Wildman–Crippen MR) is 124 cm³/mol. The zero-order valence-corrected chi connectivity index (χ0v) is 17.9. The highest BCUT2D eigenvalue weighted by Gasteiger charge is 2.04. The van der Waals surface area contributed by atoms with Crippen LogP contribution < -0.4 is 9.47 Å². The van der Waals surface area contributed by atoms with Crippen LogP contribution in [0.3, 0.4) is 0 Å². The van der Waals surface area contributed by atoms with E-state index in [9.17, 15) is 0 Å². The molecule has 0 fully saturated rings. The molecule has 0 saturated heterocycles. The highest BCUT2D eigenvalue weighted by Crippen LogP contribution is 2.29. The standard InChI is InChI=1S/C28H26O2/c1-19-13-20(2)16-27(15-19)29-25-9-5-23(6-10-25)24-7-11-26(12-8-24)30-28-17-21(3)14-22(4)18-28/h5-18H,1-4H3. The molecule has 0 atom stereocenters. The zero-order valence-electron chi connectivity index (χ0n) is 17.9. The Morgan fingerprint density at radius 2 is 0.667 bits per heavy atom. The number of hydrogen-bond acceptors (Lipinski definition) is 2. The fourth-order valence-corrected chi connectivity index (χ4v) is 3.69. The van der Waals surface area contributed by atoms with Crippen LogP contribution in [0, 0.1) is 27.7 Å². The smallest absolute Gasteiger partial charge is 0.127 e. The third-order valence-electron chi connectivity index (χ3n) is 4.90. The first kappa shape index (κ1) is 19.8. The van der Waals surface area contributed by atoms with Crippen molar-refractivity contribution in [3.63, 3.8) is 0 Å². The minimum absolute atomic E-state index is 0.832. The van der Waals surface area contributed by atoms with Crippen LogP contribution >= 0.6 is 0 Å². The van der Waals surface area contributed by atoms with E-state index in [1.54, 1.807) is 0 Å². The maximum atomic E-state index is 6.02. The molecular formula is C28H26O2. The van der Waals surface area contributed by atoms with Crippen molar-refractivity contribution in [1.82, 2.24) is 0 Å². The summed E-state index contributed by atoms with van der Waals surface area (Å²) in [6.07, 6.45) is 0. The molecule has 4 aromatic carbocycles. The second-order valence-electron chi connectivity index (χ2n) is 7.90. The molecule has 30 heavy (non-hydrogen) atoms. The van der Waals surface area contributed by atoms with Crippen molar-refractivity contribution in [1.29, 1.82) is 0 Å². The van der Waals surface area contributed by atoms with Crippen LogP contribution in [-0.2, 0) is 0 Å². The molecule has 0 aliphatic carbocycles. The van der Waals surface area contributed by atoms with Gasteiger partial charge in [-0.15, -0.1) is 0 Å². The van der Waals surface area contributed by atoms with Crippen molar-refractivity contribution in [2.45, 2.75) is 27.7 Å². The van der Waals surface area contributed by atoms with Crippen molar-refractivity contribution >= 4 is 0 Å². The molecule has 150 valence electrons. The molecule has 0 amide bonds. The maximum absolute atomic E-state index is 6.02. The summed E-state index contributed by atoms with van der Waals surface area (Å²) in [5, 5.41) is 0. The summed E-state index contributed by atoms with van der Waals surface area (Å²) in [7, 11) is 0. The molecule has 4 aromatic rings. The number of hydrogen-bond donors (Lipinski definition) is 0. The molecule has 0 N–H and O–H groups in total. The second-order valence-corrected chi connectivity index (χ2v) is 7.90. The van der Waals surface area contributed by atoms with E-state index in [-0.39, 0.29) is 0 Å². The average Bonchev–Trinajstić information content (AvgIpc) is 2.68. The van der Waals surface area contributed by atoms with E-state index in [0.29, 0.717) is 0 Å². The van der Waals surface area contributed by atoms with E-state index >= 15 is 0 Å². The Morgan fingerprint density at radius 3 is 0.967 bits per heavy atom. The minimum atomic E-state index is 0.832. The summed E-state index contributed by atoms with van der Waals surface area (Å²) in [5.41, 5.74) is 7.07. The van der Waals surface area contributed by atoms with E-state index in [0.717, 1.165) is 34.1 Å². The highest BCUT2D eigenvalue weighted by molar-refractivity contribution is 5.65. The van der Waals surface area contributed by atoms with Gasteiger partial charge in [0, 0.05) is 0 Å². The quantitative estimate of drug-likeness (QED) is 0.340. The molecule has 2 nitrogen and oxygen atoms in total. The van der Waals surface area contributed by atoms with Gasteiger partial charge in [0.1, 0.15) is 23.0 Å². The molecule has 0 saturated carbocycles. The Balaban J connectivity index is 1.46. The van der Waals surface area contributed by atoms with Crippen molar-refractivity contribution in [2.24, 2.45) is 0 Å². The molecule has 0 heterocycles. The number of ether oxygens (including phenoxy) is 2. The van der Waals surface area contributed by atoms with E-state index < -0.39 is 0 Å². The maximum Gasteiger partial charge on any atom is 0.127 e. The SMILES string of the molecule is Cc1cc(C)cc(Oc2ccc(-c3ccc(Oc4cc(C)cc(C)c4)cc3)cc2)c1. The summed E-state index contributed by atoms with van der Waals surface area (Å²) >= 11 is 0. The monoisotopic (exact) mass is 394 g/mol. The lowest BCUT2D eigenvalue weighted by Gasteiger charge is -2.10. The lowest BCUT2D eigenvalue weighted by molar-refractivity contribution is 0.481. The van der Waals surface area contributed by atoms with Gasteiger partial charge in [-0.3, -0.25) is 0 Å². The Morgan fingerprint density at radius 1 is 0.367 bits per heavy atom. The van der Waals surface area contributed by atoms with Gasteiger partial charge in [0.05, 0.1) is 0 Å². The Labute approximate surface area is 178 Å². The zero-order chi connectivity index (χ0) is 21.1. The van der Waals surface area contributed by atoms with Gasteiger partial charge in [0.25, 0.3) is 0 Å². The Kier molecular flexibility index (Phi) is 5.58. The second kappa shape index (κ2) is 8.46. The van der Waals surface area contributed by atoms with Crippen LogP contribution in [0.1, 0.15) is 22.3 Å². The molecule has 4 rings (SSSR count). The topological polar surface area (TPSA) is 18.5 Å². The molecule has 0 aromatic heterocycles. The Bertz CT molecular complexity index is 1020. The van der Waals surface area contributed by atoms with Crippen LogP contribution in [0.25, 0.3) is 11.1 Å². The van der Waals surface area contributed by atoms with Crippen molar-refractivity contribution < 1.29 is 9.47 Å². The summed E-state index contributed by atoms with van der Waals surface area (Å²) in [6, 6.07) is 28.8. The van der Waals surface area contributed by atoms with Crippen LogP contribution in [0.4, 0.5) is 0 Å². The van der Waals surface area contributed by atoms with Crippen molar-refractivity contribution in [3.05, 3.63) is 107 Å². The van der Waals surface area contributed by atoms with Crippen molar-refractivity contribution in [3.8, 4) is 34.1 Å². The van der Waals surface area contributed by atoms with E-state index in [1.807, 2.05) is 24.3 Å². The predicted octanol–water partition coefficient (Wildman–Crippen LogP) is 8.17. The molecule has 0 unspecified atom stereocenters. The van der Waals surface area contributed by atoms with E-state index in [4.69, 9.17) is 9.47 Å². The van der Waals surface area contributed by atoms with Gasteiger partial charge in [-0.25, -0.2) is 0 Å². The van der Waals surface area contributed by atoms with Gasteiger partial charge in [-0.05, 0) is 110 Å². The molecule has 0 aliphatic heterocycles. The number of aryl methyl sites for hydroxylation is 4. The van der Waals surface area contributed by atoms with Gasteiger partial charge >= 0.3 is 0 Å². The first-order valence-electron chi connectivity index (χ1n) is 10.2. The third-order valence-corrected chi connectivity index (χ3v) is 4.90. The summed E-state index contributed by atoms with van der Waals surface area (Å²) in [6.45, 7) is 8.32. The van der Waals surface area contributed by atoms with Gasteiger partial charge < -0.3 is 9.47 Å². The van der Waals surface area contributed by atoms with Gasteiger partial charge in [0.2, 0.25) is 0 Å². The fourth-order valence-electron chi connectivity index (χ4n) is 3.69. The normalized spacial score (nSPS) is 10.7. The molecular weight excluding hydrogens is 368 g/mol. The fraction of sp³-hybridized carbons (Fsp3) is 0.143. The molecule has 2 heteroatoms. The van der Waals surface area contributed by atoms with Gasteiger partial charge in [0.15, 0.2) is 0 Å². The largest absolute Gasteiger partial charge is 0.457 e. The highest BCUT2D eigenvalue weighted by atomic mass is 16.5. The van der Waals surface area contributed by atoms with E-state index in [1.165, 1.54) is 22.3 Å². The van der Waals surface area contributed by atoms with Gasteiger partial charge in [-0.2, -0.15) is 0 Å². The first-order valence-corrected chi connectivity index (χ1v) is 10.2. The number of rotatable bonds is 5. The van der Waals surface area contributed by atoms with Crippen molar-refractivity contribution in [2.75, 3.05) is 0 Å². The molecule has 0 spiro atoms. The van der Waals surface area contributed by atoms with Gasteiger partial charge in [-0.1, -0.05) is 36.4 Å². The molecule has 0 radical (unpaired) electrons. The average molecular weight is 395 g/mol. The lowest BCUT2D eigenvalue weighted by Crippen LogP contribution is -1.88. The van der Waals surface area contributed by atoms with E-state index in [2.05, 4.69) is 88.4 Å². The summed E-state index contributed by atoms with van der Waals surface area (Å²) < 4.78 is 12.0. The number of benzene rings is 4. The molecule has 0 aliphatic rings. The first-order chi connectivity index (χ1) is 14.4.